The predicted molar refractivity (Wildman–Crippen MR) is 111 cm³/mol. The molecule has 2 heterocycles. The highest BCUT2D eigenvalue weighted by Crippen LogP contribution is 2.20. The van der Waals surface area contributed by atoms with Gasteiger partial charge in [-0.15, -0.1) is 0 Å². The number of halogens is 1. The van der Waals surface area contributed by atoms with Crippen molar-refractivity contribution in [2.45, 2.75) is 0 Å². The first kappa shape index (κ1) is 18.7. The number of anilines is 4. The van der Waals surface area contributed by atoms with E-state index in [1.165, 1.54) is 12.1 Å². The van der Waals surface area contributed by atoms with Gasteiger partial charge in [0.15, 0.2) is 0 Å². The molecule has 0 spiro atoms. The molecule has 148 valence electrons. The van der Waals surface area contributed by atoms with E-state index in [0.29, 0.717) is 13.1 Å². The summed E-state index contributed by atoms with van der Waals surface area (Å²) in [5, 5.41) is 2.85. The number of rotatable bonds is 4. The Bertz CT molecular complexity index is 1010. The third-order valence-electron chi connectivity index (χ3n) is 4.76. The fraction of sp³-hybridized carbons (Fsp3) is 0.190. The van der Waals surface area contributed by atoms with Crippen LogP contribution >= 0.6 is 0 Å². The number of para-hydroxylation sites is 2. The molecule has 8 heteroatoms. The van der Waals surface area contributed by atoms with E-state index in [2.05, 4.69) is 32.3 Å². The zero-order chi connectivity index (χ0) is 20.2. The van der Waals surface area contributed by atoms with Crippen LogP contribution in [0.4, 0.5) is 27.4 Å². The first-order valence-electron chi connectivity index (χ1n) is 9.35. The van der Waals surface area contributed by atoms with Crippen LogP contribution in [0.25, 0.3) is 0 Å². The fourth-order valence-electron chi connectivity index (χ4n) is 3.27. The van der Waals surface area contributed by atoms with Crippen molar-refractivity contribution in [1.29, 1.82) is 0 Å². The van der Waals surface area contributed by atoms with Gasteiger partial charge in [0.25, 0.3) is 5.91 Å². The molecule has 0 bridgehead atoms. The minimum Gasteiger partial charge on any atom is -0.384 e. The Morgan fingerprint density at radius 1 is 0.966 bits per heavy atom. The number of nitrogens with two attached hydrogens (primary N) is 1. The van der Waals surface area contributed by atoms with Crippen LogP contribution in [-0.4, -0.2) is 47.0 Å². The van der Waals surface area contributed by atoms with Crippen LogP contribution in [0.3, 0.4) is 0 Å². The zero-order valence-electron chi connectivity index (χ0n) is 15.8. The minimum absolute atomic E-state index is 0.00278. The summed E-state index contributed by atoms with van der Waals surface area (Å²) in [5.74, 6) is -0.299. The van der Waals surface area contributed by atoms with Gasteiger partial charge >= 0.3 is 0 Å². The van der Waals surface area contributed by atoms with Crippen molar-refractivity contribution in [1.82, 2.24) is 14.9 Å². The maximum absolute atomic E-state index is 13.9. The molecular weight excluding hydrogens is 371 g/mol. The molecule has 3 N–H and O–H groups in total. The molecule has 0 saturated carbocycles. The van der Waals surface area contributed by atoms with Crippen LogP contribution in [0.1, 0.15) is 10.6 Å². The van der Waals surface area contributed by atoms with Gasteiger partial charge in [-0.25, -0.2) is 14.4 Å². The van der Waals surface area contributed by atoms with Crippen molar-refractivity contribution >= 4 is 28.9 Å². The van der Waals surface area contributed by atoms with E-state index in [4.69, 9.17) is 5.73 Å². The topological polar surface area (TPSA) is 87.4 Å². The second-order valence-corrected chi connectivity index (χ2v) is 6.72. The third-order valence-corrected chi connectivity index (χ3v) is 4.76. The van der Waals surface area contributed by atoms with E-state index < -0.39 is 5.82 Å². The molecule has 0 unspecified atom stereocenters. The van der Waals surface area contributed by atoms with Crippen LogP contribution in [0.15, 0.2) is 60.7 Å². The average molecular weight is 392 g/mol. The van der Waals surface area contributed by atoms with Crippen molar-refractivity contribution < 1.29 is 9.18 Å². The van der Waals surface area contributed by atoms with E-state index in [0.717, 1.165) is 18.8 Å². The Balaban J connectivity index is 1.46. The molecule has 2 aromatic carbocycles. The van der Waals surface area contributed by atoms with Crippen LogP contribution in [0, 0.1) is 5.82 Å². The Kier molecular flexibility index (Phi) is 5.24. The summed E-state index contributed by atoms with van der Waals surface area (Å²) < 4.78 is 13.9. The number of aromatic nitrogens is 2. The smallest absolute Gasteiger partial charge is 0.291 e. The molecule has 1 aliphatic rings. The van der Waals surface area contributed by atoms with Gasteiger partial charge in [0.05, 0.1) is 5.69 Å². The van der Waals surface area contributed by atoms with Gasteiger partial charge in [0, 0.05) is 37.9 Å². The Morgan fingerprint density at radius 3 is 2.38 bits per heavy atom. The molecule has 4 rings (SSSR count). The van der Waals surface area contributed by atoms with E-state index in [1.807, 2.05) is 18.2 Å². The number of hydrogen-bond acceptors (Lipinski definition) is 6. The summed E-state index contributed by atoms with van der Waals surface area (Å²) in [7, 11) is 0. The monoisotopic (exact) mass is 392 g/mol. The molecule has 0 atom stereocenters. The third kappa shape index (κ3) is 4.26. The van der Waals surface area contributed by atoms with Gasteiger partial charge in [-0.3, -0.25) is 4.79 Å². The maximum atomic E-state index is 13.9. The van der Waals surface area contributed by atoms with Gasteiger partial charge in [-0.2, -0.15) is 0 Å². The summed E-state index contributed by atoms with van der Waals surface area (Å²) in [4.78, 5) is 25.2. The normalized spacial score (nSPS) is 14.0. The quantitative estimate of drug-likeness (QED) is 0.710. The summed E-state index contributed by atoms with van der Waals surface area (Å²) >= 11 is 0. The molecule has 1 fully saturated rings. The number of nitrogens with zero attached hydrogens (tertiary/aromatic N) is 4. The van der Waals surface area contributed by atoms with E-state index >= 15 is 0 Å². The number of carbonyl (C=O) groups is 1. The van der Waals surface area contributed by atoms with Crippen LogP contribution < -0.4 is 16.0 Å². The van der Waals surface area contributed by atoms with Gasteiger partial charge in [-0.1, -0.05) is 30.3 Å². The van der Waals surface area contributed by atoms with Crippen molar-refractivity contribution in [3.8, 4) is 0 Å². The van der Waals surface area contributed by atoms with Gasteiger partial charge in [0.1, 0.15) is 17.5 Å². The molecule has 0 aliphatic carbocycles. The Morgan fingerprint density at radius 2 is 1.66 bits per heavy atom. The minimum atomic E-state index is -0.422. The van der Waals surface area contributed by atoms with Crippen LogP contribution in [0.5, 0.6) is 0 Å². The lowest BCUT2D eigenvalue weighted by Gasteiger charge is -2.35. The molecule has 1 saturated heterocycles. The van der Waals surface area contributed by atoms with Crippen LogP contribution in [0.2, 0.25) is 0 Å². The van der Waals surface area contributed by atoms with Crippen LogP contribution in [-0.2, 0) is 0 Å². The molecule has 1 aliphatic heterocycles. The number of nitrogen functional groups attached to an aromatic ring is 1. The lowest BCUT2D eigenvalue weighted by atomic mass is 10.2. The van der Waals surface area contributed by atoms with Crippen molar-refractivity contribution in [2.75, 3.05) is 42.1 Å². The van der Waals surface area contributed by atoms with E-state index in [1.54, 1.807) is 23.1 Å². The average Bonchev–Trinajstić information content (AvgIpc) is 2.75. The highest BCUT2D eigenvalue weighted by atomic mass is 19.1. The number of benzene rings is 2. The molecule has 7 nitrogen and oxygen atoms in total. The number of amides is 1. The summed E-state index contributed by atoms with van der Waals surface area (Å²) in [5.41, 5.74) is 7.24. The first-order chi connectivity index (χ1) is 14.1. The van der Waals surface area contributed by atoms with Crippen molar-refractivity contribution in [3.05, 3.63) is 72.3 Å². The molecule has 1 amide bonds. The van der Waals surface area contributed by atoms with Crippen molar-refractivity contribution in [2.24, 2.45) is 0 Å². The summed E-state index contributed by atoms with van der Waals surface area (Å²) in [6.07, 6.45) is 0. The highest BCUT2D eigenvalue weighted by Gasteiger charge is 2.24. The standard InChI is InChI=1S/C21H21FN6O/c22-16-8-4-5-9-17(16)24-19-14-18(23)25-20(26-19)21(29)28-12-10-27(11-13-28)15-6-2-1-3-7-15/h1-9,14H,10-13H2,(H3,23,24,25,26). The largest absolute Gasteiger partial charge is 0.384 e. The highest BCUT2D eigenvalue weighted by molar-refractivity contribution is 5.91. The predicted octanol–water partition coefficient (Wildman–Crippen LogP) is 2.90. The molecule has 3 aromatic rings. The van der Waals surface area contributed by atoms with Crippen molar-refractivity contribution in [3.63, 3.8) is 0 Å². The summed E-state index contributed by atoms with van der Waals surface area (Å²) in [6.45, 7) is 2.56. The van der Waals surface area contributed by atoms with E-state index in [-0.39, 0.29) is 29.1 Å². The molecule has 0 radical (unpaired) electrons. The molecular formula is C21H21FN6O. The second kappa shape index (κ2) is 8.14. The SMILES string of the molecule is Nc1cc(Nc2ccccc2F)nc(C(=O)N2CCN(c3ccccc3)CC2)n1. The van der Waals surface area contributed by atoms with Gasteiger partial charge in [0.2, 0.25) is 5.82 Å². The number of carbonyl (C=O) groups excluding carboxylic acids is 1. The molecule has 1 aromatic heterocycles. The summed E-state index contributed by atoms with van der Waals surface area (Å²) in [6, 6.07) is 17.8. The van der Waals surface area contributed by atoms with Gasteiger partial charge in [-0.05, 0) is 24.3 Å². The zero-order valence-corrected chi connectivity index (χ0v) is 15.8. The number of nitrogens with one attached hydrogen (secondary N) is 1. The Hall–Kier alpha value is -3.68. The fourth-order valence-corrected chi connectivity index (χ4v) is 3.27. The van der Waals surface area contributed by atoms with Gasteiger partial charge < -0.3 is 20.9 Å². The second-order valence-electron chi connectivity index (χ2n) is 6.72. The molecule has 29 heavy (non-hydrogen) atoms. The first-order valence-corrected chi connectivity index (χ1v) is 9.35. The lowest BCUT2D eigenvalue weighted by Crippen LogP contribution is -2.49. The maximum Gasteiger partial charge on any atom is 0.291 e. The Labute approximate surface area is 168 Å². The lowest BCUT2D eigenvalue weighted by molar-refractivity contribution is 0.0734. The number of hydrogen-bond donors (Lipinski definition) is 2. The van der Waals surface area contributed by atoms with E-state index in [9.17, 15) is 9.18 Å². The number of piperazine rings is 1.